The Morgan fingerprint density at radius 1 is 1.52 bits per heavy atom. The largest absolute Gasteiger partial charge is 0.475 e. The second-order valence-corrected chi connectivity index (χ2v) is 8.11. The molecule has 3 aliphatic heterocycles. The number of ether oxygens (including phenoxy) is 2. The second-order valence-electron chi connectivity index (χ2n) is 6.53. The van der Waals surface area contributed by atoms with Crippen LogP contribution in [0.3, 0.4) is 0 Å². The second kappa shape index (κ2) is 5.87. The lowest BCUT2D eigenvalue weighted by atomic mass is 9.86. The lowest BCUT2D eigenvalue weighted by Gasteiger charge is -2.46. The van der Waals surface area contributed by atoms with Crippen molar-refractivity contribution in [2.24, 2.45) is 0 Å². The molecule has 10 nitrogen and oxygen atoms in total. The molecular weight excluding hydrogens is 353 g/mol. The molecule has 138 valence electrons. The van der Waals surface area contributed by atoms with Crippen LogP contribution in [0.1, 0.15) is 26.5 Å². The average Bonchev–Trinajstić information content (AvgIpc) is 2.79. The molecule has 0 bridgehead atoms. The van der Waals surface area contributed by atoms with E-state index in [9.17, 15) is 9.36 Å². The number of anilines is 1. The monoisotopic (exact) mass is 373 g/mol. The first-order chi connectivity index (χ1) is 11.8. The van der Waals surface area contributed by atoms with Gasteiger partial charge in [0.05, 0.1) is 19.3 Å². The first kappa shape index (κ1) is 17.1. The minimum absolute atomic E-state index is 0.00792. The van der Waals surface area contributed by atoms with E-state index in [-0.39, 0.29) is 18.7 Å². The maximum absolute atomic E-state index is 12.7. The Bertz CT molecular complexity index is 778. The van der Waals surface area contributed by atoms with Gasteiger partial charge in [0, 0.05) is 18.7 Å². The molecule has 1 aromatic heterocycles. The van der Waals surface area contributed by atoms with Gasteiger partial charge in [0.2, 0.25) is 5.95 Å². The number of hydrogen-bond acceptors (Lipinski definition) is 9. The molecule has 4 rings (SSSR count). The van der Waals surface area contributed by atoms with Crippen LogP contribution in [0.25, 0.3) is 0 Å². The number of rotatable bonds is 3. The van der Waals surface area contributed by atoms with Crippen LogP contribution in [-0.2, 0) is 27.6 Å². The Morgan fingerprint density at radius 2 is 2.28 bits per heavy atom. The van der Waals surface area contributed by atoms with Gasteiger partial charge >= 0.3 is 7.82 Å². The minimum Gasteiger partial charge on any atom is -0.369 e. The normalized spacial score (nSPS) is 40.2. The fourth-order valence-electron chi connectivity index (χ4n) is 3.42. The van der Waals surface area contributed by atoms with Crippen LogP contribution in [0.5, 0.6) is 0 Å². The standard InChI is InChI=1S/C14H20N3O7P/c1-8(2)23-25(19)21-7-9-11(24-25)14(4-6-20-14)12(22-9)17-5-3-10(18)16-13(17)15/h3,5,8-9,11-12H,4,6-7H2,1-2H3,(H2,15,16,18)/t9-,11-,12-,14-,25-/m1/s1. The van der Waals surface area contributed by atoms with Crippen molar-refractivity contribution in [2.45, 2.75) is 50.4 Å². The van der Waals surface area contributed by atoms with Crippen molar-refractivity contribution in [3.63, 3.8) is 0 Å². The lowest BCUT2D eigenvalue weighted by molar-refractivity contribution is -0.224. The SMILES string of the molecule is CC(C)O[P@@]1(=O)OC[C@H]2O[C@@H](n3ccc(=O)nc3N)[C@@]3(CCO3)[C@@H]2O1. The van der Waals surface area contributed by atoms with Crippen LogP contribution >= 0.6 is 7.82 Å². The summed E-state index contributed by atoms with van der Waals surface area (Å²) in [6.07, 6.45) is -0.00532. The van der Waals surface area contributed by atoms with Crippen LogP contribution in [0, 0.1) is 0 Å². The summed E-state index contributed by atoms with van der Waals surface area (Å²) >= 11 is 0. The summed E-state index contributed by atoms with van der Waals surface area (Å²) in [5, 5.41) is 0. The molecule has 1 spiro atoms. The number of nitrogen functional groups attached to an aromatic ring is 1. The molecule has 2 N–H and O–H groups in total. The summed E-state index contributed by atoms with van der Waals surface area (Å²) in [7, 11) is -3.70. The van der Waals surface area contributed by atoms with Crippen molar-refractivity contribution < 1.29 is 27.6 Å². The predicted octanol–water partition coefficient (Wildman–Crippen LogP) is 0.830. The number of nitrogens with zero attached hydrogens (tertiary/aromatic N) is 2. The maximum atomic E-state index is 12.7. The van der Waals surface area contributed by atoms with Gasteiger partial charge in [0.25, 0.3) is 5.56 Å². The molecule has 0 aromatic carbocycles. The Hall–Kier alpha value is -1.29. The van der Waals surface area contributed by atoms with E-state index in [2.05, 4.69) is 4.98 Å². The molecule has 0 aliphatic carbocycles. The number of aromatic nitrogens is 2. The molecule has 0 radical (unpaired) electrons. The molecule has 3 aliphatic rings. The average molecular weight is 373 g/mol. The van der Waals surface area contributed by atoms with E-state index < -0.39 is 37.4 Å². The van der Waals surface area contributed by atoms with Gasteiger partial charge in [-0.25, -0.2) is 4.57 Å². The van der Waals surface area contributed by atoms with Crippen molar-refractivity contribution in [1.29, 1.82) is 0 Å². The molecule has 0 saturated carbocycles. The van der Waals surface area contributed by atoms with Crippen molar-refractivity contribution in [2.75, 3.05) is 18.9 Å². The summed E-state index contributed by atoms with van der Waals surface area (Å²) in [4.78, 5) is 15.1. The molecule has 0 amide bonds. The Morgan fingerprint density at radius 3 is 2.88 bits per heavy atom. The number of nitrogens with two attached hydrogens (primary N) is 1. The first-order valence-corrected chi connectivity index (χ1v) is 9.54. The highest BCUT2D eigenvalue weighted by molar-refractivity contribution is 7.48. The van der Waals surface area contributed by atoms with Crippen LogP contribution in [0.4, 0.5) is 5.95 Å². The molecule has 11 heteroatoms. The maximum Gasteiger partial charge on any atom is 0.475 e. The molecule has 5 atom stereocenters. The van der Waals surface area contributed by atoms with Crippen molar-refractivity contribution in [3.05, 3.63) is 22.6 Å². The van der Waals surface area contributed by atoms with Gasteiger partial charge < -0.3 is 15.2 Å². The van der Waals surface area contributed by atoms with Gasteiger partial charge in [-0.3, -0.25) is 22.9 Å². The van der Waals surface area contributed by atoms with Crippen LogP contribution < -0.4 is 11.3 Å². The smallest absolute Gasteiger partial charge is 0.369 e. The first-order valence-electron chi connectivity index (χ1n) is 8.08. The van der Waals surface area contributed by atoms with Gasteiger partial charge in [-0.1, -0.05) is 0 Å². The molecule has 0 unspecified atom stereocenters. The van der Waals surface area contributed by atoms with Gasteiger partial charge in [0.15, 0.2) is 6.23 Å². The van der Waals surface area contributed by atoms with E-state index in [1.165, 1.54) is 16.8 Å². The Labute approximate surface area is 143 Å². The summed E-state index contributed by atoms with van der Waals surface area (Å²) in [5.41, 5.74) is 4.55. The van der Waals surface area contributed by atoms with Crippen LogP contribution in [0.2, 0.25) is 0 Å². The van der Waals surface area contributed by atoms with Crippen LogP contribution in [0.15, 0.2) is 17.1 Å². The fraction of sp³-hybridized carbons (Fsp3) is 0.714. The van der Waals surface area contributed by atoms with Gasteiger partial charge in [-0.05, 0) is 13.8 Å². The third-order valence-corrected chi connectivity index (χ3v) is 6.13. The highest BCUT2D eigenvalue weighted by atomic mass is 31.2. The quantitative estimate of drug-likeness (QED) is 0.767. The topological polar surface area (TPSA) is 124 Å². The van der Waals surface area contributed by atoms with Gasteiger partial charge in [-0.15, -0.1) is 0 Å². The van der Waals surface area contributed by atoms with E-state index in [1.807, 2.05) is 0 Å². The molecule has 1 aromatic rings. The van der Waals surface area contributed by atoms with Crippen molar-refractivity contribution in [1.82, 2.24) is 9.55 Å². The summed E-state index contributed by atoms with van der Waals surface area (Å²) in [6.45, 7) is 4.05. The number of fused-ring (bicyclic) bond motifs is 2. The zero-order chi connectivity index (χ0) is 17.8. The van der Waals surface area contributed by atoms with E-state index in [1.54, 1.807) is 13.8 Å². The molecular formula is C14H20N3O7P. The molecule has 4 heterocycles. The van der Waals surface area contributed by atoms with Crippen LogP contribution in [-0.4, -0.2) is 46.7 Å². The van der Waals surface area contributed by atoms with Crippen molar-refractivity contribution in [3.8, 4) is 0 Å². The van der Waals surface area contributed by atoms with E-state index in [0.717, 1.165) is 0 Å². The van der Waals surface area contributed by atoms with Gasteiger partial charge in [0.1, 0.15) is 17.8 Å². The van der Waals surface area contributed by atoms with E-state index >= 15 is 0 Å². The third-order valence-electron chi connectivity index (χ3n) is 4.50. The number of hydrogen-bond donors (Lipinski definition) is 1. The summed E-state index contributed by atoms with van der Waals surface area (Å²) in [6, 6.07) is 1.29. The number of phosphoric acid groups is 1. The molecule has 25 heavy (non-hydrogen) atoms. The van der Waals surface area contributed by atoms with E-state index in [4.69, 9.17) is 28.8 Å². The van der Waals surface area contributed by atoms with E-state index in [0.29, 0.717) is 13.0 Å². The third kappa shape index (κ3) is 2.73. The molecule has 3 fully saturated rings. The molecule has 3 saturated heterocycles. The zero-order valence-electron chi connectivity index (χ0n) is 13.9. The lowest BCUT2D eigenvalue weighted by Crippen LogP contribution is -2.58. The Balaban J connectivity index is 1.67. The number of phosphoric ester groups is 1. The summed E-state index contributed by atoms with van der Waals surface area (Å²) in [5.74, 6) is 0.00792. The van der Waals surface area contributed by atoms with Gasteiger partial charge in [-0.2, -0.15) is 4.98 Å². The zero-order valence-corrected chi connectivity index (χ0v) is 14.8. The highest BCUT2D eigenvalue weighted by Gasteiger charge is 2.66. The highest BCUT2D eigenvalue weighted by Crippen LogP contribution is 2.62. The minimum atomic E-state index is -3.70. The fourth-order valence-corrected chi connectivity index (χ4v) is 5.03. The van der Waals surface area contributed by atoms with Crippen molar-refractivity contribution >= 4 is 13.8 Å². The Kier molecular flexibility index (Phi) is 4.02. The summed E-state index contributed by atoms with van der Waals surface area (Å²) < 4.78 is 42.4. The predicted molar refractivity (Wildman–Crippen MR) is 84.8 cm³/mol.